The largest absolute Gasteiger partial charge is 0.454 e. The van der Waals surface area contributed by atoms with E-state index in [0.29, 0.717) is 12.5 Å². The SMILES string of the molecule is O=C(NC1CC1)C1CC2=C([NH2+]c3ccccc32)C(c2ccc3c(c2)OCO3)N1. The molecule has 0 spiro atoms. The van der Waals surface area contributed by atoms with Gasteiger partial charge in [0.1, 0.15) is 17.4 Å². The third-order valence-electron chi connectivity index (χ3n) is 6.00. The minimum Gasteiger partial charge on any atom is -0.454 e. The van der Waals surface area contributed by atoms with E-state index in [1.165, 1.54) is 22.5 Å². The Kier molecular flexibility index (Phi) is 3.51. The number of nitrogens with one attached hydrogen (secondary N) is 2. The second-order valence-corrected chi connectivity index (χ2v) is 7.92. The van der Waals surface area contributed by atoms with Gasteiger partial charge in [-0.25, -0.2) is 0 Å². The average Bonchev–Trinajstić information content (AvgIpc) is 3.27. The fraction of sp³-hybridized carbons (Fsp3) is 0.318. The van der Waals surface area contributed by atoms with Crippen LogP contribution in [0, 0.1) is 0 Å². The van der Waals surface area contributed by atoms with Crippen LogP contribution in [0.1, 0.15) is 36.4 Å². The zero-order valence-electron chi connectivity index (χ0n) is 15.4. The van der Waals surface area contributed by atoms with E-state index < -0.39 is 0 Å². The molecule has 6 rings (SSSR count). The van der Waals surface area contributed by atoms with E-state index in [9.17, 15) is 4.79 Å². The molecule has 1 amide bonds. The van der Waals surface area contributed by atoms with Crippen molar-refractivity contribution >= 4 is 17.2 Å². The van der Waals surface area contributed by atoms with Gasteiger partial charge >= 0.3 is 0 Å². The molecular weight excluding hydrogens is 354 g/mol. The highest BCUT2D eigenvalue weighted by atomic mass is 16.7. The topological polar surface area (TPSA) is 76.2 Å². The maximum atomic E-state index is 12.9. The summed E-state index contributed by atoms with van der Waals surface area (Å²) in [5, 5.41) is 9.02. The number of para-hydroxylation sites is 1. The van der Waals surface area contributed by atoms with E-state index in [-0.39, 0.29) is 24.8 Å². The predicted octanol–water partition coefficient (Wildman–Crippen LogP) is 1.72. The number of carbonyl (C=O) groups is 1. The van der Waals surface area contributed by atoms with Gasteiger partial charge in [0.25, 0.3) is 0 Å². The molecule has 4 aliphatic rings. The second-order valence-electron chi connectivity index (χ2n) is 7.92. The van der Waals surface area contributed by atoms with Gasteiger partial charge in [-0.2, -0.15) is 0 Å². The molecule has 1 fully saturated rings. The number of amides is 1. The smallest absolute Gasteiger partial charge is 0.237 e. The summed E-state index contributed by atoms with van der Waals surface area (Å²) < 4.78 is 11.0. The Bertz CT molecular complexity index is 1010. The van der Waals surface area contributed by atoms with Gasteiger partial charge in [-0.05, 0) is 36.6 Å². The van der Waals surface area contributed by atoms with Gasteiger partial charge in [-0.15, -0.1) is 0 Å². The lowest BCUT2D eigenvalue weighted by atomic mass is 9.88. The summed E-state index contributed by atoms with van der Waals surface area (Å²) in [6.07, 6.45) is 2.89. The second kappa shape index (κ2) is 6.09. The summed E-state index contributed by atoms with van der Waals surface area (Å²) >= 11 is 0. The number of fused-ring (bicyclic) bond motifs is 3. The number of nitrogens with two attached hydrogens (primary N) is 1. The molecule has 3 heterocycles. The van der Waals surface area contributed by atoms with Crippen LogP contribution in [0.15, 0.2) is 48.2 Å². The van der Waals surface area contributed by atoms with Gasteiger partial charge in [-0.1, -0.05) is 18.2 Å². The van der Waals surface area contributed by atoms with Crippen molar-refractivity contribution in [1.82, 2.24) is 10.6 Å². The number of benzene rings is 2. The lowest BCUT2D eigenvalue weighted by Gasteiger charge is -2.30. The summed E-state index contributed by atoms with van der Waals surface area (Å²) in [5.41, 5.74) is 6.07. The Morgan fingerprint density at radius 3 is 2.86 bits per heavy atom. The molecule has 2 aromatic rings. The molecule has 6 heteroatoms. The molecule has 0 aromatic heterocycles. The van der Waals surface area contributed by atoms with Gasteiger partial charge in [-0.3, -0.25) is 15.4 Å². The Morgan fingerprint density at radius 2 is 1.96 bits per heavy atom. The standard InChI is InChI=1S/C22H21N3O3/c26-22(23-13-6-7-13)17-10-15-14-3-1-2-4-16(14)24-21(15)20(25-17)12-5-8-18-19(9-12)28-11-27-18/h1-5,8-9,13,17,20,24-25H,6-7,10-11H2,(H,23,26)/p+1. The molecule has 0 radical (unpaired) electrons. The first-order valence-electron chi connectivity index (χ1n) is 9.89. The van der Waals surface area contributed by atoms with Crippen molar-refractivity contribution in [2.24, 2.45) is 0 Å². The number of carbonyl (C=O) groups excluding carboxylic acids is 1. The van der Waals surface area contributed by atoms with E-state index in [1.54, 1.807) is 0 Å². The molecule has 3 aliphatic heterocycles. The van der Waals surface area contributed by atoms with Crippen LogP contribution in [-0.4, -0.2) is 24.8 Å². The number of rotatable bonds is 3. The number of hydrogen-bond donors (Lipinski definition) is 3. The molecule has 1 saturated carbocycles. The highest BCUT2D eigenvalue weighted by Crippen LogP contribution is 2.42. The Labute approximate surface area is 162 Å². The summed E-state index contributed by atoms with van der Waals surface area (Å²) in [5.74, 6) is 1.64. The van der Waals surface area contributed by atoms with Crippen molar-refractivity contribution in [3.63, 3.8) is 0 Å². The van der Waals surface area contributed by atoms with Crippen molar-refractivity contribution in [3.05, 3.63) is 59.3 Å². The van der Waals surface area contributed by atoms with Crippen molar-refractivity contribution < 1.29 is 19.6 Å². The lowest BCUT2D eigenvalue weighted by molar-refractivity contribution is -0.518. The van der Waals surface area contributed by atoms with Crippen molar-refractivity contribution in [3.8, 4) is 11.5 Å². The van der Waals surface area contributed by atoms with Gasteiger partial charge < -0.3 is 14.8 Å². The van der Waals surface area contributed by atoms with E-state index in [0.717, 1.165) is 29.9 Å². The van der Waals surface area contributed by atoms with Crippen LogP contribution in [0.5, 0.6) is 11.5 Å². The van der Waals surface area contributed by atoms with Crippen molar-refractivity contribution in [2.45, 2.75) is 37.4 Å². The normalized spacial score (nSPS) is 24.7. The van der Waals surface area contributed by atoms with Gasteiger partial charge in [0.2, 0.25) is 12.7 Å². The Balaban J connectivity index is 1.40. The third kappa shape index (κ3) is 2.60. The van der Waals surface area contributed by atoms with Crippen LogP contribution < -0.4 is 25.4 Å². The van der Waals surface area contributed by atoms with Crippen molar-refractivity contribution in [1.29, 1.82) is 0 Å². The van der Waals surface area contributed by atoms with Crippen LogP contribution >= 0.6 is 0 Å². The van der Waals surface area contributed by atoms with E-state index >= 15 is 0 Å². The molecule has 28 heavy (non-hydrogen) atoms. The summed E-state index contributed by atoms with van der Waals surface area (Å²) in [6, 6.07) is 14.5. The first-order valence-corrected chi connectivity index (χ1v) is 9.89. The van der Waals surface area contributed by atoms with E-state index in [4.69, 9.17) is 9.47 Å². The minimum atomic E-state index is -0.241. The predicted molar refractivity (Wildman–Crippen MR) is 103 cm³/mol. The highest BCUT2D eigenvalue weighted by molar-refractivity contribution is 5.88. The number of ether oxygens (including phenoxy) is 2. The number of hydrogen-bond acceptors (Lipinski definition) is 4. The van der Waals surface area contributed by atoms with Crippen LogP contribution in [0.25, 0.3) is 5.57 Å². The Morgan fingerprint density at radius 1 is 1.11 bits per heavy atom. The molecule has 0 saturated heterocycles. The van der Waals surface area contributed by atoms with Crippen LogP contribution in [-0.2, 0) is 4.79 Å². The summed E-state index contributed by atoms with van der Waals surface area (Å²) in [4.78, 5) is 12.9. The van der Waals surface area contributed by atoms with Crippen LogP contribution in [0.4, 0.5) is 5.69 Å². The van der Waals surface area contributed by atoms with E-state index in [2.05, 4.69) is 46.3 Å². The Hall–Kier alpha value is -2.83. The number of quaternary nitrogens is 1. The zero-order valence-corrected chi connectivity index (χ0v) is 15.4. The molecule has 142 valence electrons. The first kappa shape index (κ1) is 16.2. The average molecular weight is 376 g/mol. The fourth-order valence-electron chi connectivity index (χ4n) is 4.41. The molecule has 2 aromatic carbocycles. The van der Waals surface area contributed by atoms with E-state index in [1.807, 2.05) is 12.1 Å². The van der Waals surface area contributed by atoms with Gasteiger partial charge in [0, 0.05) is 29.7 Å². The van der Waals surface area contributed by atoms with Gasteiger partial charge in [0.05, 0.1) is 6.04 Å². The molecule has 4 N–H and O–H groups in total. The quantitative estimate of drug-likeness (QED) is 0.713. The van der Waals surface area contributed by atoms with Crippen molar-refractivity contribution in [2.75, 3.05) is 6.79 Å². The fourth-order valence-corrected chi connectivity index (χ4v) is 4.41. The minimum absolute atomic E-state index is 0.0550. The highest BCUT2D eigenvalue weighted by Gasteiger charge is 2.42. The maximum Gasteiger partial charge on any atom is 0.237 e. The molecule has 1 aliphatic carbocycles. The molecule has 6 nitrogen and oxygen atoms in total. The molecule has 0 bridgehead atoms. The molecule has 2 unspecified atom stereocenters. The maximum absolute atomic E-state index is 12.9. The van der Waals surface area contributed by atoms with Gasteiger partial charge in [0.15, 0.2) is 11.5 Å². The lowest BCUT2D eigenvalue weighted by Crippen LogP contribution is -2.77. The molecule has 2 atom stereocenters. The van der Waals surface area contributed by atoms with Crippen LogP contribution in [0.2, 0.25) is 0 Å². The molecular formula is C22H22N3O3+. The summed E-state index contributed by atoms with van der Waals surface area (Å²) in [7, 11) is 0. The monoisotopic (exact) mass is 376 g/mol. The zero-order chi connectivity index (χ0) is 18.7. The first-order chi connectivity index (χ1) is 13.8. The third-order valence-corrected chi connectivity index (χ3v) is 6.00. The summed E-state index contributed by atoms with van der Waals surface area (Å²) in [6.45, 7) is 0.259. The van der Waals surface area contributed by atoms with Crippen LogP contribution in [0.3, 0.4) is 0 Å².